The lowest BCUT2D eigenvalue weighted by Crippen LogP contribution is -2.44. The molecule has 1 rings (SSSR count). The summed E-state index contributed by atoms with van der Waals surface area (Å²) in [7, 11) is 0. The summed E-state index contributed by atoms with van der Waals surface area (Å²) in [5.41, 5.74) is 5.43. The van der Waals surface area contributed by atoms with Crippen molar-refractivity contribution in [3.05, 3.63) is 0 Å². The van der Waals surface area contributed by atoms with Crippen LogP contribution in [-0.4, -0.2) is 19.0 Å². The highest BCUT2D eigenvalue weighted by Crippen LogP contribution is 2.37. The van der Waals surface area contributed by atoms with Gasteiger partial charge >= 0.3 is 0 Å². The van der Waals surface area contributed by atoms with E-state index in [9.17, 15) is 4.79 Å². The van der Waals surface area contributed by atoms with Crippen LogP contribution in [-0.2, 0) is 4.79 Å². The first kappa shape index (κ1) is 12.1. The molecule has 0 atom stereocenters. The first-order valence-electron chi connectivity index (χ1n) is 5.67. The molecule has 0 heterocycles. The van der Waals surface area contributed by atoms with E-state index < -0.39 is 0 Å². The van der Waals surface area contributed by atoms with Gasteiger partial charge in [-0.05, 0) is 19.3 Å². The second-order valence-electron chi connectivity index (χ2n) is 4.26. The quantitative estimate of drug-likeness (QED) is 0.524. The predicted octanol–water partition coefficient (Wildman–Crippen LogP) is 1.04. The second-order valence-corrected chi connectivity index (χ2v) is 4.26. The normalized spacial score (nSPS) is 18.4. The number of nitrogens with one attached hydrogen (secondary N) is 1. The monoisotopic (exact) mass is 208 g/mol. The number of amides is 1. The molecule has 3 N–H and O–H groups in total. The standard InChI is InChI=1S/C12H20N2O/c1-2-3-6-9-14-11(15)12(10-13)7-4-5-8-12/h1H,3-10,13H2,(H,14,15). The topological polar surface area (TPSA) is 55.1 Å². The zero-order valence-electron chi connectivity index (χ0n) is 9.22. The Balaban J connectivity index is 2.34. The molecule has 1 aliphatic rings. The summed E-state index contributed by atoms with van der Waals surface area (Å²) >= 11 is 0. The van der Waals surface area contributed by atoms with Crippen LogP contribution in [0.2, 0.25) is 0 Å². The third kappa shape index (κ3) is 2.97. The Bertz CT molecular complexity index is 249. The minimum Gasteiger partial charge on any atom is -0.356 e. The molecule has 0 saturated heterocycles. The zero-order chi connectivity index (χ0) is 11.1. The van der Waals surface area contributed by atoms with E-state index in [1.54, 1.807) is 0 Å². The van der Waals surface area contributed by atoms with Crippen LogP contribution in [0, 0.1) is 17.8 Å². The highest BCUT2D eigenvalue weighted by molar-refractivity contribution is 5.83. The van der Waals surface area contributed by atoms with Crippen molar-refractivity contribution in [2.24, 2.45) is 11.1 Å². The molecule has 84 valence electrons. The van der Waals surface area contributed by atoms with Crippen molar-refractivity contribution in [3.8, 4) is 12.3 Å². The minimum atomic E-state index is -0.282. The molecule has 3 nitrogen and oxygen atoms in total. The molecule has 0 aromatic heterocycles. The average Bonchev–Trinajstić information content (AvgIpc) is 2.74. The Morgan fingerprint density at radius 1 is 1.47 bits per heavy atom. The van der Waals surface area contributed by atoms with Gasteiger partial charge in [0, 0.05) is 19.5 Å². The van der Waals surface area contributed by atoms with E-state index in [2.05, 4.69) is 11.2 Å². The summed E-state index contributed by atoms with van der Waals surface area (Å²) in [4.78, 5) is 11.9. The van der Waals surface area contributed by atoms with E-state index in [-0.39, 0.29) is 11.3 Å². The maximum absolute atomic E-state index is 11.9. The van der Waals surface area contributed by atoms with Gasteiger partial charge in [-0.1, -0.05) is 12.8 Å². The fourth-order valence-electron chi connectivity index (χ4n) is 2.16. The van der Waals surface area contributed by atoms with E-state index >= 15 is 0 Å². The van der Waals surface area contributed by atoms with Crippen molar-refractivity contribution in [2.75, 3.05) is 13.1 Å². The zero-order valence-corrected chi connectivity index (χ0v) is 9.22. The number of carbonyl (C=O) groups is 1. The molecule has 1 fully saturated rings. The van der Waals surface area contributed by atoms with Crippen LogP contribution in [0.5, 0.6) is 0 Å². The largest absolute Gasteiger partial charge is 0.356 e. The second kappa shape index (κ2) is 5.77. The van der Waals surface area contributed by atoms with Crippen LogP contribution in [0.3, 0.4) is 0 Å². The fourth-order valence-corrected chi connectivity index (χ4v) is 2.16. The van der Waals surface area contributed by atoms with Gasteiger partial charge in [0.1, 0.15) is 0 Å². The van der Waals surface area contributed by atoms with Crippen molar-refractivity contribution >= 4 is 5.91 Å². The van der Waals surface area contributed by atoms with E-state index in [0.29, 0.717) is 13.1 Å². The Morgan fingerprint density at radius 3 is 2.67 bits per heavy atom. The highest BCUT2D eigenvalue weighted by atomic mass is 16.2. The average molecular weight is 208 g/mol. The summed E-state index contributed by atoms with van der Waals surface area (Å²) in [6.07, 6.45) is 10.8. The molecule has 0 spiro atoms. The van der Waals surface area contributed by atoms with Crippen molar-refractivity contribution in [3.63, 3.8) is 0 Å². The number of nitrogens with two attached hydrogens (primary N) is 1. The number of hydrogen-bond acceptors (Lipinski definition) is 2. The molecule has 0 radical (unpaired) electrons. The molecule has 0 aromatic carbocycles. The fraction of sp³-hybridized carbons (Fsp3) is 0.750. The Kier molecular flexibility index (Phi) is 4.64. The molecule has 15 heavy (non-hydrogen) atoms. The molecule has 1 amide bonds. The number of unbranched alkanes of at least 4 members (excludes halogenated alkanes) is 1. The van der Waals surface area contributed by atoms with Crippen molar-refractivity contribution < 1.29 is 4.79 Å². The summed E-state index contributed by atoms with van der Waals surface area (Å²) in [6, 6.07) is 0. The summed E-state index contributed by atoms with van der Waals surface area (Å²) in [5.74, 6) is 2.68. The van der Waals surface area contributed by atoms with Gasteiger partial charge in [-0.15, -0.1) is 12.3 Å². The molecule has 0 bridgehead atoms. The molecule has 0 unspecified atom stereocenters. The van der Waals surface area contributed by atoms with Crippen LogP contribution in [0.4, 0.5) is 0 Å². The van der Waals surface area contributed by atoms with Gasteiger partial charge in [0.25, 0.3) is 0 Å². The van der Waals surface area contributed by atoms with Crippen molar-refractivity contribution in [1.82, 2.24) is 5.32 Å². The van der Waals surface area contributed by atoms with Gasteiger partial charge < -0.3 is 11.1 Å². The number of hydrogen-bond donors (Lipinski definition) is 2. The lowest BCUT2D eigenvalue weighted by atomic mass is 9.85. The summed E-state index contributed by atoms with van der Waals surface area (Å²) in [5, 5.41) is 2.94. The van der Waals surface area contributed by atoms with Crippen LogP contribution < -0.4 is 11.1 Å². The number of rotatable bonds is 5. The Labute approximate surface area is 91.8 Å². The minimum absolute atomic E-state index is 0.125. The predicted molar refractivity (Wildman–Crippen MR) is 61.0 cm³/mol. The van der Waals surface area contributed by atoms with Crippen LogP contribution >= 0.6 is 0 Å². The first-order valence-corrected chi connectivity index (χ1v) is 5.67. The van der Waals surface area contributed by atoms with Gasteiger partial charge in [0.15, 0.2) is 0 Å². The first-order chi connectivity index (χ1) is 7.25. The Morgan fingerprint density at radius 2 is 2.13 bits per heavy atom. The van der Waals surface area contributed by atoms with Gasteiger partial charge in [-0.25, -0.2) is 0 Å². The van der Waals surface area contributed by atoms with E-state index in [1.165, 1.54) is 0 Å². The van der Waals surface area contributed by atoms with Gasteiger partial charge in [-0.2, -0.15) is 0 Å². The SMILES string of the molecule is C#CCCCNC(=O)C1(CN)CCCC1. The maximum atomic E-state index is 11.9. The van der Waals surface area contributed by atoms with E-state index in [1.807, 2.05) is 0 Å². The molecule has 1 saturated carbocycles. The summed E-state index contributed by atoms with van der Waals surface area (Å²) < 4.78 is 0. The lowest BCUT2D eigenvalue weighted by Gasteiger charge is -2.25. The molecule has 1 aliphatic carbocycles. The third-order valence-corrected chi connectivity index (χ3v) is 3.22. The maximum Gasteiger partial charge on any atom is 0.227 e. The van der Waals surface area contributed by atoms with Crippen LogP contribution in [0.1, 0.15) is 38.5 Å². The third-order valence-electron chi connectivity index (χ3n) is 3.22. The van der Waals surface area contributed by atoms with Gasteiger partial charge in [-0.3, -0.25) is 4.79 Å². The van der Waals surface area contributed by atoms with Crippen LogP contribution in [0.15, 0.2) is 0 Å². The van der Waals surface area contributed by atoms with Gasteiger partial charge in [0.2, 0.25) is 5.91 Å². The Hall–Kier alpha value is -1.01. The van der Waals surface area contributed by atoms with Gasteiger partial charge in [0.05, 0.1) is 5.41 Å². The van der Waals surface area contributed by atoms with E-state index in [4.69, 9.17) is 12.2 Å². The molecular formula is C12H20N2O. The molecule has 0 aliphatic heterocycles. The lowest BCUT2D eigenvalue weighted by molar-refractivity contribution is -0.130. The molecular weight excluding hydrogens is 188 g/mol. The summed E-state index contributed by atoms with van der Waals surface area (Å²) in [6.45, 7) is 1.14. The highest BCUT2D eigenvalue weighted by Gasteiger charge is 2.39. The van der Waals surface area contributed by atoms with Crippen molar-refractivity contribution in [1.29, 1.82) is 0 Å². The number of carbonyl (C=O) groups excluding carboxylic acids is 1. The van der Waals surface area contributed by atoms with E-state index in [0.717, 1.165) is 38.5 Å². The van der Waals surface area contributed by atoms with Crippen molar-refractivity contribution in [2.45, 2.75) is 38.5 Å². The molecule has 3 heteroatoms. The molecule has 0 aromatic rings. The number of terminal acetylenes is 1. The smallest absolute Gasteiger partial charge is 0.227 e. The van der Waals surface area contributed by atoms with Crippen LogP contribution in [0.25, 0.3) is 0 Å².